The molecule has 0 amide bonds. The predicted molar refractivity (Wildman–Crippen MR) is 102 cm³/mol. The molecule has 1 N–H and O–H groups in total. The number of hydrogen-bond donors (Lipinski definition) is 1. The minimum atomic E-state index is 0.387. The van der Waals surface area contributed by atoms with Crippen LogP contribution in [0, 0.1) is 13.8 Å². The molecular formula is C20H26ClNO3. The third kappa shape index (κ3) is 5.55. The second-order valence-electron chi connectivity index (χ2n) is 5.81. The summed E-state index contributed by atoms with van der Waals surface area (Å²) in [7, 11) is 1.89. The van der Waals surface area contributed by atoms with Crippen molar-refractivity contribution in [1.29, 1.82) is 0 Å². The summed E-state index contributed by atoms with van der Waals surface area (Å²) in [6.07, 6.45) is 0. The zero-order chi connectivity index (χ0) is 18.2. The van der Waals surface area contributed by atoms with E-state index in [9.17, 15) is 0 Å². The van der Waals surface area contributed by atoms with Crippen LogP contribution >= 0.6 is 11.6 Å². The molecular weight excluding hydrogens is 338 g/mol. The van der Waals surface area contributed by atoms with E-state index in [-0.39, 0.29) is 0 Å². The van der Waals surface area contributed by atoms with Gasteiger partial charge in [0, 0.05) is 6.54 Å². The maximum atomic E-state index is 6.37. The Morgan fingerprint density at radius 1 is 0.960 bits per heavy atom. The van der Waals surface area contributed by atoms with Gasteiger partial charge in [-0.15, -0.1) is 0 Å². The van der Waals surface area contributed by atoms with Gasteiger partial charge in [0.05, 0.1) is 11.6 Å². The fourth-order valence-electron chi connectivity index (χ4n) is 2.44. The number of halogens is 1. The van der Waals surface area contributed by atoms with E-state index < -0.39 is 0 Å². The molecule has 0 heterocycles. The van der Waals surface area contributed by atoms with Crippen molar-refractivity contribution in [2.45, 2.75) is 27.3 Å². The summed E-state index contributed by atoms with van der Waals surface area (Å²) in [5, 5.41) is 3.65. The fraction of sp³-hybridized carbons (Fsp3) is 0.400. The molecule has 0 aliphatic carbocycles. The van der Waals surface area contributed by atoms with Crippen molar-refractivity contribution < 1.29 is 14.2 Å². The van der Waals surface area contributed by atoms with Gasteiger partial charge in [-0.05, 0) is 68.8 Å². The zero-order valence-corrected chi connectivity index (χ0v) is 16.1. The molecule has 2 rings (SSSR count). The van der Waals surface area contributed by atoms with E-state index in [0.717, 1.165) is 17.9 Å². The molecule has 0 saturated carbocycles. The van der Waals surface area contributed by atoms with Gasteiger partial charge in [-0.25, -0.2) is 0 Å². The minimum absolute atomic E-state index is 0.387. The smallest absolute Gasteiger partial charge is 0.179 e. The number of aryl methyl sites for hydroxylation is 2. The molecule has 0 bridgehead atoms. The highest BCUT2D eigenvalue weighted by molar-refractivity contribution is 6.32. The van der Waals surface area contributed by atoms with Crippen molar-refractivity contribution >= 4 is 11.6 Å². The SMILES string of the molecule is CCOc1cc(CNC)cc(Cl)c1OCCOc1ccc(C)c(C)c1. The Bertz CT molecular complexity index is 704. The topological polar surface area (TPSA) is 39.7 Å². The van der Waals surface area contributed by atoms with Crippen LogP contribution in [0.2, 0.25) is 5.02 Å². The van der Waals surface area contributed by atoms with Crippen molar-refractivity contribution in [3.63, 3.8) is 0 Å². The highest BCUT2D eigenvalue weighted by Crippen LogP contribution is 2.36. The normalized spacial score (nSPS) is 10.6. The fourth-order valence-corrected chi connectivity index (χ4v) is 2.73. The van der Waals surface area contributed by atoms with Crippen molar-refractivity contribution in [3.8, 4) is 17.2 Å². The number of rotatable bonds is 9. The molecule has 0 fully saturated rings. The number of nitrogens with one attached hydrogen (secondary N) is 1. The van der Waals surface area contributed by atoms with Gasteiger partial charge in [-0.3, -0.25) is 0 Å². The van der Waals surface area contributed by atoms with Crippen LogP contribution in [0.15, 0.2) is 30.3 Å². The van der Waals surface area contributed by atoms with Crippen LogP contribution in [0.25, 0.3) is 0 Å². The molecule has 0 aliphatic rings. The molecule has 136 valence electrons. The lowest BCUT2D eigenvalue weighted by Crippen LogP contribution is -2.11. The Labute approximate surface area is 155 Å². The van der Waals surface area contributed by atoms with E-state index in [1.165, 1.54) is 11.1 Å². The monoisotopic (exact) mass is 363 g/mol. The van der Waals surface area contributed by atoms with Gasteiger partial charge in [-0.1, -0.05) is 17.7 Å². The molecule has 25 heavy (non-hydrogen) atoms. The summed E-state index contributed by atoms with van der Waals surface area (Å²) < 4.78 is 17.2. The summed E-state index contributed by atoms with van der Waals surface area (Å²) in [6, 6.07) is 9.88. The van der Waals surface area contributed by atoms with Gasteiger partial charge in [0.1, 0.15) is 19.0 Å². The van der Waals surface area contributed by atoms with Crippen LogP contribution < -0.4 is 19.5 Å². The Kier molecular flexibility index (Phi) is 7.41. The second kappa shape index (κ2) is 9.54. The first-order valence-electron chi connectivity index (χ1n) is 8.47. The Hall–Kier alpha value is -1.91. The third-order valence-corrected chi connectivity index (χ3v) is 4.11. The lowest BCUT2D eigenvalue weighted by atomic mass is 10.1. The highest BCUT2D eigenvalue weighted by atomic mass is 35.5. The molecule has 5 heteroatoms. The Balaban J connectivity index is 1.98. The number of hydrogen-bond acceptors (Lipinski definition) is 4. The summed E-state index contributed by atoms with van der Waals surface area (Å²) >= 11 is 6.37. The average Bonchev–Trinajstić information content (AvgIpc) is 2.57. The number of benzene rings is 2. The second-order valence-corrected chi connectivity index (χ2v) is 6.22. The molecule has 2 aromatic carbocycles. The van der Waals surface area contributed by atoms with Crippen LogP contribution in [0.4, 0.5) is 0 Å². The molecule has 0 radical (unpaired) electrons. The van der Waals surface area contributed by atoms with Gasteiger partial charge in [0.25, 0.3) is 0 Å². The van der Waals surface area contributed by atoms with E-state index in [4.69, 9.17) is 25.8 Å². The van der Waals surface area contributed by atoms with E-state index >= 15 is 0 Å². The number of ether oxygens (including phenoxy) is 3. The third-order valence-electron chi connectivity index (χ3n) is 3.83. The summed E-state index contributed by atoms with van der Waals surface area (Å²) in [4.78, 5) is 0. The van der Waals surface area contributed by atoms with E-state index in [1.54, 1.807) is 0 Å². The van der Waals surface area contributed by atoms with E-state index in [0.29, 0.717) is 36.3 Å². The molecule has 0 spiro atoms. The van der Waals surface area contributed by atoms with Crippen molar-refractivity contribution in [3.05, 3.63) is 52.0 Å². The molecule has 0 aliphatic heterocycles. The first-order chi connectivity index (χ1) is 12.0. The largest absolute Gasteiger partial charge is 0.490 e. The molecule has 0 unspecified atom stereocenters. The minimum Gasteiger partial charge on any atom is -0.490 e. The molecule has 4 nitrogen and oxygen atoms in total. The molecule has 0 saturated heterocycles. The molecule has 0 aromatic heterocycles. The van der Waals surface area contributed by atoms with Gasteiger partial charge in [0.2, 0.25) is 0 Å². The highest BCUT2D eigenvalue weighted by Gasteiger charge is 2.12. The maximum absolute atomic E-state index is 6.37. The van der Waals surface area contributed by atoms with Crippen molar-refractivity contribution in [1.82, 2.24) is 5.32 Å². The first-order valence-corrected chi connectivity index (χ1v) is 8.85. The van der Waals surface area contributed by atoms with Gasteiger partial charge in [0.15, 0.2) is 11.5 Å². The summed E-state index contributed by atoms with van der Waals surface area (Å²) in [5.74, 6) is 2.06. The van der Waals surface area contributed by atoms with Crippen LogP contribution in [0.1, 0.15) is 23.6 Å². The van der Waals surface area contributed by atoms with Crippen molar-refractivity contribution in [2.75, 3.05) is 26.9 Å². The molecule has 2 aromatic rings. The van der Waals surface area contributed by atoms with Gasteiger partial charge >= 0.3 is 0 Å². The zero-order valence-electron chi connectivity index (χ0n) is 15.3. The molecule has 0 atom stereocenters. The van der Waals surface area contributed by atoms with Gasteiger partial charge < -0.3 is 19.5 Å². The quantitative estimate of drug-likeness (QED) is 0.664. The lowest BCUT2D eigenvalue weighted by molar-refractivity contribution is 0.208. The standard InChI is InChI=1S/C20H26ClNO3/c1-5-23-19-12-16(13-22-4)11-18(21)20(19)25-9-8-24-17-7-6-14(2)15(3)10-17/h6-7,10-12,22H,5,8-9,13H2,1-4H3. The van der Waals surface area contributed by atoms with E-state index in [2.05, 4.69) is 25.2 Å². The Morgan fingerprint density at radius 2 is 1.72 bits per heavy atom. The predicted octanol–water partition coefficient (Wildman–Crippen LogP) is 4.53. The van der Waals surface area contributed by atoms with Gasteiger partial charge in [-0.2, -0.15) is 0 Å². The van der Waals surface area contributed by atoms with Crippen LogP contribution in [-0.2, 0) is 6.54 Å². The summed E-state index contributed by atoms with van der Waals surface area (Å²) in [6.45, 7) is 8.17. The van der Waals surface area contributed by atoms with Crippen LogP contribution in [0.5, 0.6) is 17.2 Å². The Morgan fingerprint density at radius 3 is 2.40 bits per heavy atom. The lowest BCUT2D eigenvalue weighted by Gasteiger charge is -2.15. The van der Waals surface area contributed by atoms with Crippen LogP contribution in [0.3, 0.4) is 0 Å². The maximum Gasteiger partial charge on any atom is 0.179 e. The van der Waals surface area contributed by atoms with E-state index in [1.807, 2.05) is 38.2 Å². The van der Waals surface area contributed by atoms with Crippen molar-refractivity contribution in [2.24, 2.45) is 0 Å². The summed E-state index contributed by atoms with van der Waals surface area (Å²) in [5.41, 5.74) is 3.51. The van der Waals surface area contributed by atoms with Crippen LogP contribution in [-0.4, -0.2) is 26.9 Å². The first kappa shape index (κ1) is 19.4. The average molecular weight is 364 g/mol.